The van der Waals surface area contributed by atoms with Gasteiger partial charge in [0, 0.05) is 10.9 Å². The van der Waals surface area contributed by atoms with Crippen LogP contribution in [0.5, 0.6) is 5.75 Å². The van der Waals surface area contributed by atoms with Crippen molar-refractivity contribution in [2.45, 2.75) is 13.5 Å². The number of fused-ring (bicyclic) bond motifs is 1. The molecule has 6 nitrogen and oxygen atoms in total. The molecule has 0 spiro atoms. The smallest absolute Gasteiger partial charge is 0.342 e. The highest BCUT2D eigenvalue weighted by atomic mass is 32.1. The van der Waals surface area contributed by atoms with E-state index in [4.69, 9.17) is 9.47 Å². The topological polar surface area (TPSA) is 81.3 Å². The van der Waals surface area contributed by atoms with E-state index in [1.165, 1.54) is 11.3 Å². The van der Waals surface area contributed by atoms with Crippen molar-refractivity contribution < 1.29 is 14.3 Å². The molecule has 0 aliphatic rings. The largest absolute Gasteiger partial charge is 0.493 e. The van der Waals surface area contributed by atoms with Crippen molar-refractivity contribution in [3.8, 4) is 16.9 Å². The molecule has 7 heteroatoms. The number of nitrogens with zero attached hydrogens (tertiary/aromatic N) is 1. The van der Waals surface area contributed by atoms with E-state index in [9.17, 15) is 9.59 Å². The van der Waals surface area contributed by atoms with Gasteiger partial charge in [-0.2, -0.15) is 0 Å². The first kappa shape index (κ1) is 18.9. The number of esters is 1. The fourth-order valence-corrected chi connectivity index (χ4v) is 3.99. The summed E-state index contributed by atoms with van der Waals surface area (Å²) in [5, 5.41) is 2.45. The number of benzene rings is 2. The van der Waals surface area contributed by atoms with Crippen LogP contribution in [0.2, 0.25) is 0 Å². The summed E-state index contributed by atoms with van der Waals surface area (Å²) in [6.07, 6.45) is 0. The van der Waals surface area contributed by atoms with Crippen LogP contribution >= 0.6 is 11.3 Å². The zero-order chi connectivity index (χ0) is 20.2. The molecule has 4 aromatic rings. The first-order chi connectivity index (χ1) is 14.2. The molecule has 0 bridgehead atoms. The normalized spacial score (nSPS) is 10.8. The van der Waals surface area contributed by atoms with Crippen molar-refractivity contribution in [2.75, 3.05) is 6.61 Å². The summed E-state index contributed by atoms with van der Waals surface area (Å²) in [5.41, 5.74) is 1.88. The average Bonchev–Trinajstić information content (AvgIpc) is 3.18. The van der Waals surface area contributed by atoms with E-state index >= 15 is 0 Å². The van der Waals surface area contributed by atoms with Gasteiger partial charge < -0.3 is 14.5 Å². The maximum absolute atomic E-state index is 12.7. The molecule has 2 aromatic carbocycles. The molecular formula is C22H18N2O4S. The molecule has 0 saturated carbocycles. The Bertz CT molecular complexity index is 1210. The molecule has 1 N–H and O–H groups in total. The molecule has 0 radical (unpaired) electrons. The number of carbonyl (C=O) groups is 1. The van der Waals surface area contributed by atoms with Crippen molar-refractivity contribution in [3.05, 3.63) is 81.7 Å². The van der Waals surface area contributed by atoms with Crippen LogP contribution in [0.4, 0.5) is 0 Å². The molecule has 4 rings (SSSR count). The first-order valence-electron chi connectivity index (χ1n) is 9.12. The summed E-state index contributed by atoms with van der Waals surface area (Å²) >= 11 is 1.39. The van der Waals surface area contributed by atoms with Gasteiger partial charge in [0.25, 0.3) is 5.56 Å². The third-order valence-electron chi connectivity index (χ3n) is 4.32. The molecular weight excluding hydrogens is 388 g/mol. The van der Waals surface area contributed by atoms with Gasteiger partial charge >= 0.3 is 5.97 Å². The fourth-order valence-electron chi connectivity index (χ4n) is 3.02. The van der Waals surface area contributed by atoms with Gasteiger partial charge in [-0.15, -0.1) is 11.3 Å². The third-order valence-corrected chi connectivity index (χ3v) is 5.20. The van der Waals surface area contributed by atoms with E-state index in [1.54, 1.807) is 24.3 Å². The van der Waals surface area contributed by atoms with Crippen molar-refractivity contribution in [3.63, 3.8) is 0 Å². The van der Waals surface area contributed by atoms with E-state index in [0.717, 1.165) is 11.1 Å². The lowest BCUT2D eigenvalue weighted by molar-refractivity contribution is 0.0458. The minimum atomic E-state index is -0.534. The Hall–Kier alpha value is -3.45. The Morgan fingerprint density at radius 1 is 1.10 bits per heavy atom. The van der Waals surface area contributed by atoms with E-state index in [-0.39, 0.29) is 12.2 Å². The van der Waals surface area contributed by atoms with Crippen LogP contribution in [0, 0.1) is 0 Å². The summed E-state index contributed by atoms with van der Waals surface area (Å²) in [6.45, 7) is 2.15. The number of hydrogen-bond acceptors (Lipinski definition) is 6. The van der Waals surface area contributed by atoms with Gasteiger partial charge in [0.15, 0.2) is 0 Å². The number of nitrogens with one attached hydrogen (secondary N) is 1. The number of thiophene rings is 1. The molecule has 0 fully saturated rings. The third kappa shape index (κ3) is 3.90. The number of aromatic amines is 1. The van der Waals surface area contributed by atoms with Gasteiger partial charge in [-0.25, -0.2) is 9.78 Å². The van der Waals surface area contributed by atoms with Crippen LogP contribution in [0.25, 0.3) is 21.3 Å². The minimum Gasteiger partial charge on any atom is -0.493 e. The average molecular weight is 406 g/mol. The lowest BCUT2D eigenvalue weighted by atomic mass is 10.1. The standard InChI is InChI=1S/C22H18N2O4S/c1-2-27-17-11-7-6-10-15(17)22(26)28-12-18-23-20(25)19-16(13-29-21(19)24-18)14-8-4-3-5-9-14/h3-11,13H,2,12H2,1H3,(H,23,24,25). The van der Waals surface area contributed by atoms with Gasteiger partial charge in [-0.3, -0.25) is 4.79 Å². The molecule has 0 aliphatic heterocycles. The van der Waals surface area contributed by atoms with Crippen molar-refractivity contribution in [2.24, 2.45) is 0 Å². The molecule has 0 saturated heterocycles. The summed E-state index contributed by atoms with van der Waals surface area (Å²) in [4.78, 5) is 32.9. The van der Waals surface area contributed by atoms with Gasteiger partial charge in [0.1, 0.15) is 28.6 Å². The zero-order valence-corrected chi connectivity index (χ0v) is 16.5. The van der Waals surface area contributed by atoms with Crippen LogP contribution in [0.1, 0.15) is 23.1 Å². The van der Waals surface area contributed by atoms with Crippen LogP contribution in [-0.4, -0.2) is 22.5 Å². The Labute approximate surface area is 170 Å². The lowest BCUT2D eigenvalue weighted by Crippen LogP contribution is -2.14. The second kappa shape index (κ2) is 8.28. The number of hydrogen-bond donors (Lipinski definition) is 1. The van der Waals surface area contributed by atoms with E-state index < -0.39 is 5.97 Å². The molecule has 2 aromatic heterocycles. The second-order valence-electron chi connectivity index (χ2n) is 6.21. The SMILES string of the molecule is CCOc1ccccc1C(=O)OCc1nc2scc(-c3ccccc3)c2c(=O)[nH]1. The van der Waals surface area contributed by atoms with Gasteiger partial charge in [0.05, 0.1) is 12.0 Å². The molecule has 0 aliphatic carbocycles. The highest BCUT2D eigenvalue weighted by molar-refractivity contribution is 7.17. The maximum Gasteiger partial charge on any atom is 0.342 e. The number of ether oxygens (including phenoxy) is 2. The highest BCUT2D eigenvalue weighted by Crippen LogP contribution is 2.30. The Morgan fingerprint density at radius 3 is 2.66 bits per heavy atom. The Morgan fingerprint density at radius 2 is 1.86 bits per heavy atom. The number of H-pyrrole nitrogens is 1. The number of aromatic nitrogens is 2. The van der Waals surface area contributed by atoms with Crippen molar-refractivity contribution >= 4 is 27.5 Å². The minimum absolute atomic E-state index is 0.136. The van der Waals surface area contributed by atoms with Gasteiger partial charge in [-0.05, 0) is 24.6 Å². The molecule has 0 unspecified atom stereocenters. The molecule has 146 valence electrons. The van der Waals surface area contributed by atoms with Crippen molar-refractivity contribution in [1.82, 2.24) is 9.97 Å². The Kier molecular flexibility index (Phi) is 5.39. The van der Waals surface area contributed by atoms with Gasteiger partial charge in [-0.1, -0.05) is 42.5 Å². The van der Waals surface area contributed by atoms with Crippen LogP contribution in [0.15, 0.2) is 64.8 Å². The molecule has 0 amide bonds. The predicted molar refractivity (Wildman–Crippen MR) is 112 cm³/mol. The van der Waals surface area contributed by atoms with Crippen LogP contribution < -0.4 is 10.3 Å². The van der Waals surface area contributed by atoms with E-state index in [1.807, 2.05) is 42.6 Å². The van der Waals surface area contributed by atoms with Crippen molar-refractivity contribution in [1.29, 1.82) is 0 Å². The van der Waals surface area contributed by atoms with Crippen LogP contribution in [-0.2, 0) is 11.3 Å². The molecule has 29 heavy (non-hydrogen) atoms. The van der Waals surface area contributed by atoms with Crippen LogP contribution in [0.3, 0.4) is 0 Å². The molecule has 0 atom stereocenters. The Balaban J connectivity index is 1.57. The number of para-hydroxylation sites is 1. The second-order valence-corrected chi connectivity index (χ2v) is 7.07. The lowest BCUT2D eigenvalue weighted by Gasteiger charge is -2.09. The summed E-state index contributed by atoms with van der Waals surface area (Å²) in [7, 11) is 0. The maximum atomic E-state index is 12.7. The molecule has 2 heterocycles. The summed E-state index contributed by atoms with van der Waals surface area (Å²) < 4.78 is 10.8. The quantitative estimate of drug-likeness (QED) is 0.480. The van der Waals surface area contributed by atoms with E-state index in [0.29, 0.717) is 34.0 Å². The highest BCUT2D eigenvalue weighted by Gasteiger charge is 2.16. The number of rotatable bonds is 6. The monoisotopic (exact) mass is 406 g/mol. The zero-order valence-electron chi connectivity index (χ0n) is 15.7. The first-order valence-corrected chi connectivity index (χ1v) is 10.00. The predicted octanol–water partition coefficient (Wildman–Crippen LogP) is 4.41. The summed E-state index contributed by atoms with van der Waals surface area (Å²) in [5.74, 6) is 0.224. The number of carbonyl (C=O) groups excluding carboxylic acids is 1. The van der Waals surface area contributed by atoms with E-state index in [2.05, 4.69) is 9.97 Å². The van der Waals surface area contributed by atoms with Gasteiger partial charge in [0.2, 0.25) is 0 Å². The summed E-state index contributed by atoms with van der Waals surface area (Å²) in [6, 6.07) is 16.6. The fraction of sp³-hybridized carbons (Fsp3) is 0.136.